The minimum atomic E-state index is -0.0375. The summed E-state index contributed by atoms with van der Waals surface area (Å²) in [5.74, 6) is 2.38. The number of hydrogen-bond acceptors (Lipinski definition) is 4. The van der Waals surface area contributed by atoms with Gasteiger partial charge in [0.2, 0.25) is 0 Å². The first-order valence-electron chi connectivity index (χ1n) is 8.54. The molecule has 5 heteroatoms. The lowest BCUT2D eigenvalue weighted by Gasteiger charge is -2.12. The molecule has 0 spiro atoms. The Hall–Kier alpha value is -1.43. The van der Waals surface area contributed by atoms with Crippen LogP contribution in [0.2, 0.25) is 0 Å². The van der Waals surface area contributed by atoms with E-state index >= 15 is 0 Å². The van der Waals surface area contributed by atoms with E-state index < -0.39 is 0 Å². The van der Waals surface area contributed by atoms with Gasteiger partial charge >= 0.3 is 0 Å². The highest BCUT2D eigenvalue weighted by Crippen LogP contribution is 2.45. The predicted octanol–water partition coefficient (Wildman–Crippen LogP) is 4.63. The number of amides is 1. The molecule has 1 aliphatic heterocycles. The van der Waals surface area contributed by atoms with Gasteiger partial charge in [-0.1, -0.05) is 36.4 Å². The summed E-state index contributed by atoms with van der Waals surface area (Å²) in [7, 11) is 0. The van der Waals surface area contributed by atoms with Crippen LogP contribution >= 0.6 is 23.5 Å². The van der Waals surface area contributed by atoms with Gasteiger partial charge < -0.3 is 10.1 Å². The molecule has 1 amide bonds. The summed E-state index contributed by atoms with van der Waals surface area (Å²) >= 11 is 3.95. The lowest BCUT2D eigenvalue weighted by molar-refractivity contribution is 0.0950. The molecule has 3 nitrogen and oxygen atoms in total. The molecule has 0 atom stereocenters. The Morgan fingerprint density at radius 3 is 2.44 bits per heavy atom. The molecule has 1 aliphatic rings. The predicted molar refractivity (Wildman–Crippen MR) is 107 cm³/mol. The largest absolute Gasteiger partial charge is 0.377 e. The second-order valence-electron chi connectivity index (χ2n) is 5.78. The molecule has 132 valence electrons. The molecule has 0 radical (unpaired) electrons. The number of nitrogens with one attached hydrogen (secondary N) is 1. The van der Waals surface area contributed by atoms with E-state index in [4.69, 9.17) is 4.74 Å². The van der Waals surface area contributed by atoms with E-state index in [0.29, 0.717) is 29.9 Å². The SMILES string of the molecule is CCOCc1ccccc1CNC(=O)c1ccc(C2SCCS2)cc1. The number of carbonyl (C=O) groups excluding carboxylic acids is 1. The zero-order chi connectivity index (χ0) is 17.5. The molecular formula is C20H23NO2S2. The molecule has 0 saturated carbocycles. The van der Waals surface area contributed by atoms with Crippen LogP contribution in [0.25, 0.3) is 0 Å². The van der Waals surface area contributed by atoms with Crippen LogP contribution in [0.5, 0.6) is 0 Å². The Morgan fingerprint density at radius 1 is 1.08 bits per heavy atom. The van der Waals surface area contributed by atoms with Crippen LogP contribution in [-0.4, -0.2) is 24.0 Å². The van der Waals surface area contributed by atoms with Crippen LogP contribution in [-0.2, 0) is 17.9 Å². The zero-order valence-corrected chi connectivity index (χ0v) is 16.0. The third-order valence-corrected chi connectivity index (χ3v) is 7.19. The lowest BCUT2D eigenvalue weighted by atomic mass is 10.1. The minimum absolute atomic E-state index is 0.0375. The molecule has 1 heterocycles. The number of carbonyl (C=O) groups is 1. The van der Waals surface area contributed by atoms with E-state index in [0.717, 1.165) is 11.1 Å². The van der Waals surface area contributed by atoms with Gasteiger partial charge in [0.15, 0.2) is 0 Å². The van der Waals surface area contributed by atoms with E-state index in [1.165, 1.54) is 17.1 Å². The molecule has 2 aromatic carbocycles. The van der Waals surface area contributed by atoms with Gasteiger partial charge in [0.1, 0.15) is 0 Å². The van der Waals surface area contributed by atoms with Gasteiger partial charge in [-0.2, -0.15) is 0 Å². The standard InChI is InChI=1S/C20H23NO2S2/c1-2-23-14-18-6-4-3-5-17(18)13-21-19(22)15-7-9-16(10-8-15)20-24-11-12-25-20/h3-10,20H,2,11-14H2,1H3,(H,21,22). The van der Waals surface area contributed by atoms with Gasteiger partial charge in [0.05, 0.1) is 11.2 Å². The average molecular weight is 374 g/mol. The average Bonchev–Trinajstić information content (AvgIpc) is 3.20. The maximum atomic E-state index is 12.4. The summed E-state index contributed by atoms with van der Waals surface area (Å²) in [4.78, 5) is 12.4. The third kappa shape index (κ3) is 5.03. The molecule has 2 aromatic rings. The van der Waals surface area contributed by atoms with Crippen molar-refractivity contribution in [3.63, 3.8) is 0 Å². The second kappa shape index (κ2) is 9.32. The first-order chi connectivity index (χ1) is 12.3. The molecule has 25 heavy (non-hydrogen) atoms. The molecule has 0 unspecified atom stereocenters. The van der Waals surface area contributed by atoms with Gasteiger partial charge in [-0.05, 0) is 35.7 Å². The number of ether oxygens (including phenoxy) is 1. The molecule has 1 N–H and O–H groups in total. The van der Waals surface area contributed by atoms with Crippen LogP contribution in [0.1, 0.15) is 38.6 Å². The fourth-order valence-corrected chi connectivity index (χ4v) is 5.56. The Labute approximate surface area is 157 Å². The van der Waals surface area contributed by atoms with Crippen molar-refractivity contribution in [1.29, 1.82) is 0 Å². The summed E-state index contributed by atoms with van der Waals surface area (Å²) < 4.78 is 6.01. The summed E-state index contributed by atoms with van der Waals surface area (Å²) in [5.41, 5.74) is 4.22. The van der Waals surface area contributed by atoms with Gasteiger partial charge in [-0.25, -0.2) is 0 Å². The van der Waals surface area contributed by atoms with E-state index in [1.807, 2.05) is 66.8 Å². The van der Waals surface area contributed by atoms with Crippen LogP contribution in [0.4, 0.5) is 0 Å². The Kier molecular flexibility index (Phi) is 6.84. The van der Waals surface area contributed by atoms with Gasteiger partial charge in [-0.15, -0.1) is 23.5 Å². The fraction of sp³-hybridized carbons (Fsp3) is 0.350. The van der Waals surface area contributed by atoms with Crippen LogP contribution in [0, 0.1) is 0 Å². The van der Waals surface area contributed by atoms with Crippen molar-refractivity contribution >= 4 is 29.4 Å². The molecule has 0 aliphatic carbocycles. The maximum Gasteiger partial charge on any atom is 0.251 e. The molecule has 0 aromatic heterocycles. The van der Waals surface area contributed by atoms with Crippen LogP contribution in [0.15, 0.2) is 48.5 Å². The van der Waals surface area contributed by atoms with Crippen molar-refractivity contribution in [1.82, 2.24) is 5.32 Å². The van der Waals surface area contributed by atoms with Gasteiger partial charge in [0, 0.05) is 30.2 Å². The monoisotopic (exact) mass is 373 g/mol. The molecule has 0 bridgehead atoms. The zero-order valence-electron chi connectivity index (χ0n) is 14.4. The van der Waals surface area contributed by atoms with Crippen molar-refractivity contribution in [2.75, 3.05) is 18.1 Å². The highest BCUT2D eigenvalue weighted by atomic mass is 32.2. The Bertz CT molecular complexity index is 697. The number of benzene rings is 2. The van der Waals surface area contributed by atoms with Gasteiger partial charge in [-0.3, -0.25) is 4.79 Å². The lowest BCUT2D eigenvalue weighted by Crippen LogP contribution is -2.23. The van der Waals surface area contributed by atoms with Crippen molar-refractivity contribution in [2.24, 2.45) is 0 Å². The summed E-state index contributed by atoms with van der Waals surface area (Å²) in [5, 5.41) is 3.02. The van der Waals surface area contributed by atoms with Crippen molar-refractivity contribution < 1.29 is 9.53 Å². The quantitative estimate of drug-likeness (QED) is 0.768. The third-order valence-electron chi connectivity index (χ3n) is 4.09. The van der Waals surface area contributed by atoms with Gasteiger partial charge in [0.25, 0.3) is 5.91 Å². The molecular weight excluding hydrogens is 350 g/mol. The normalized spacial score (nSPS) is 14.6. The summed E-state index contributed by atoms with van der Waals surface area (Å²) in [6, 6.07) is 16.1. The Morgan fingerprint density at radius 2 is 1.76 bits per heavy atom. The van der Waals surface area contributed by atoms with Crippen LogP contribution in [0.3, 0.4) is 0 Å². The topological polar surface area (TPSA) is 38.3 Å². The fourth-order valence-electron chi connectivity index (χ4n) is 2.70. The number of rotatable bonds is 7. The van der Waals surface area contributed by atoms with Crippen LogP contribution < -0.4 is 5.32 Å². The highest BCUT2D eigenvalue weighted by molar-refractivity contribution is 8.19. The molecule has 1 saturated heterocycles. The molecule has 1 fully saturated rings. The Balaban J connectivity index is 1.59. The smallest absolute Gasteiger partial charge is 0.251 e. The van der Waals surface area contributed by atoms with Crippen molar-refractivity contribution in [3.8, 4) is 0 Å². The number of hydrogen-bond donors (Lipinski definition) is 1. The minimum Gasteiger partial charge on any atom is -0.377 e. The first kappa shape index (κ1) is 18.4. The van der Waals surface area contributed by atoms with Crippen molar-refractivity contribution in [3.05, 3.63) is 70.8 Å². The maximum absolute atomic E-state index is 12.4. The van der Waals surface area contributed by atoms with E-state index in [2.05, 4.69) is 17.4 Å². The van der Waals surface area contributed by atoms with E-state index in [1.54, 1.807) is 0 Å². The summed E-state index contributed by atoms with van der Waals surface area (Å²) in [6.07, 6.45) is 0. The first-order valence-corrected chi connectivity index (χ1v) is 10.6. The van der Waals surface area contributed by atoms with E-state index in [-0.39, 0.29) is 5.91 Å². The van der Waals surface area contributed by atoms with Crippen molar-refractivity contribution in [2.45, 2.75) is 24.7 Å². The highest BCUT2D eigenvalue weighted by Gasteiger charge is 2.18. The summed E-state index contributed by atoms with van der Waals surface area (Å²) in [6.45, 7) is 3.76. The number of thioether (sulfide) groups is 2. The second-order valence-corrected chi connectivity index (χ2v) is 8.51. The van der Waals surface area contributed by atoms with E-state index in [9.17, 15) is 4.79 Å². The molecule has 3 rings (SSSR count).